The third-order valence-corrected chi connectivity index (χ3v) is 4.50. The van der Waals surface area contributed by atoms with Gasteiger partial charge in [-0.25, -0.2) is 14.3 Å². The molecule has 2 aromatic rings. The molecule has 25 heavy (non-hydrogen) atoms. The molecule has 0 fully saturated rings. The van der Waals surface area contributed by atoms with E-state index in [1.54, 1.807) is 31.2 Å². The highest BCUT2D eigenvalue weighted by atomic mass is 32.2. The van der Waals surface area contributed by atoms with Crippen LogP contribution in [0.25, 0.3) is 0 Å². The zero-order valence-corrected chi connectivity index (χ0v) is 15.0. The van der Waals surface area contributed by atoms with Crippen molar-refractivity contribution in [1.82, 2.24) is 19.7 Å². The number of hydrogen-bond donors (Lipinski definition) is 1. The van der Waals surface area contributed by atoms with Gasteiger partial charge >= 0.3 is 5.69 Å². The van der Waals surface area contributed by atoms with Crippen molar-refractivity contribution in [2.75, 3.05) is 26.5 Å². The van der Waals surface area contributed by atoms with Gasteiger partial charge in [-0.3, -0.25) is 9.36 Å². The Morgan fingerprint density at radius 2 is 2.12 bits per heavy atom. The zero-order chi connectivity index (χ0) is 18.2. The van der Waals surface area contributed by atoms with Crippen molar-refractivity contribution in [2.45, 2.75) is 24.7 Å². The molecule has 2 rings (SSSR count). The lowest BCUT2D eigenvalue weighted by Crippen LogP contribution is -2.28. The van der Waals surface area contributed by atoms with Crippen LogP contribution >= 0.6 is 11.8 Å². The fourth-order valence-electron chi connectivity index (χ4n) is 2.17. The van der Waals surface area contributed by atoms with Crippen molar-refractivity contribution < 1.29 is 13.9 Å². The van der Waals surface area contributed by atoms with Gasteiger partial charge in [0.1, 0.15) is 5.82 Å². The number of nitrogens with one attached hydrogen (secondary N) is 1. The zero-order valence-electron chi connectivity index (χ0n) is 14.2. The number of aromatic nitrogens is 3. The topological polar surface area (TPSA) is 80.2 Å². The van der Waals surface area contributed by atoms with Gasteiger partial charge in [0, 0.05) is 33.9 Å². The molecule has 136 valence electrons. The van der Waals surface area contributed by atoms with E-state index in [0.29, 0.717) is 31.3 Å². The number of H-pyrrole nitrogens is 1. The smallest absolute Gasteiger partial charge is 0.343 e. The minimum atomic E-state index is -0.307. The number of aromatic amines is 1. The Labute approximate surface area is 149 Å². The summed E-state index contributed by atoms with van der Waals surface area (Å²) in [5.74, 6) is -0.252. The number of ether oxygens (including phenoxy) is 1. The normalized spacial score (nSPS) is 10.8. The molecule has 0 atom stereocenters. The third-order valence-electron chi connectivity index (χ3n) is 3.54. The number of benzene rings is 1. The average Bonchev–Trinajstić information content (AvgIpc) is 2.95. The number of methoxy groups -OCH3 is 1. The van der Waals surface area contributed by atoms with Gasteiger partial charge in [0.15, 0.2) is 5.16 Å². The molecule has 1 aromatic carbocycles. The second-order valence-corrected chi connectivity index (χ2v) is 6.42. The Bertz CT molecular complexity index is 745. The number of nitrogens with zero attached hydrogens (tertiary/aromatic N) is 3. The highest BCUT2D eigenvalue weighted by molar-refractivity contribution is 7.99. The van der Waals surface area contributed by atoms with Crippen LogP contribution in [0.5, 0.6) is 0 Å². The van der Waals surface area contributed by atoms with Crippen LogP contribution in [0.15, 0.2) is 34.2 Å². The second kappa shape index (κ2) is 9.38. The Kier molecular flexibility index (Phi) is 7.20. The van der Waals surface area contributed by atoms with Crippen molar-refractivity contribution in [3.63, 3.8) is 0 Å². The fraction of sp³-hybridized carbons (Fsp3) is 0.438. The summed E-state index contributed by atoms with van der Waals surface area (Å²) in [7, 11) is 3.28. The number of carbonyl (C=O) groups excluding carboxylic acids is 1. The lowest BCUT2D eigenvalue weighted by Gasteiger charge is -2.17. The van der Waals surface area contributed by atoms with Crippen molar-refractivity contribution in [2.24, 2.45) is 0 Å². The molecule has 9 heteroatoms. The molecular weight excluding hydrogens is 347 g/mol. The van der Waals surface area contributed by atoms with Gasteiger partial charge in [-0.05, 0) is 24.1 Å². The maximum absolute atomic E-state index is 12.9. The van der Waals surface area contributed by atoms with E-state index in [9.17, 15) is 14.0 Å². The Balaban J connectivity index is 1.88. The van der Waals surface area contributed by atoms with Crippen LogP contribution < -0.4 is 5.69 Å². The summed E-state index contributed by atoms with van der Waals surface area (Å²) in [5.41, 5.74) is 0.546. The number of carbonyl (C=O) groups is 1. The Hall–Kier alpha value is -2.13. The van der Waals surface area contributed by atoms with Crippen LogP contribution in [0.4, 0.5) is 4.39 Å². The van der Waals surface area contributed by atoms with Gasteiger partial charge in [0.25, 0.3) is 0 Å². The van der Waals surface area contributed by atoms with E-state index in [4.69, 9.17) is 4.74 Å². The minimum absolute atomic E-state index is 0.104. The van der Waals surface area contributed by atoms with E-state index in [1.807, 2.05) is 0 Å². The summed E-state index contributed by atoms with van der Waals surface area (Å²) in [5, 5.41) is 6.83. The molecule has 0 aliphatic heterocycles. The molecule has 0 aliphatic rings. The SMILES string of the molecule is COCCCn1c(SCC(=O)N(C)Cc2ccc(F)cc2)n[nH]c1=O. The molecule has 7 nitrogen and oxygen atoms in total. The van der Waals surface area contributed by atoms with Crippen LogP contribution in [0.1, 0.15) is 12.0 Å². The van der Waals surface area contributed by atoms with Crippen molar-refractivity contribution in [1.29, 1.82) is 0 Å². The quantitative estimate of drug-likeness (QED) is 0.536. The first-order valence-electron chi connectivity index (χ1n) is 7.76. The molecule has 0 saturated carbocycles. The fourth-order valence-corrected chi connectivity index (χ4v) is 3.08. The van der Waals surface area contributed by atoms with Crippen molar-refractivity contribution in [3.8, 4) is 0 Å². The molecule has 1 amide bonds. The molecule has 1 heterocycles. The van der Waals surface area contributed by atoms with Gasteiger partial charge in [-0.15, -0.1) is 5.10 Å². The van der Waals surface area contributed by atoms with Gasteiger partial charge in [0.2, 0.25) is 5.91 Å². The van der Waals surface area contributed by atoms with Gasteiger partial charge < -0.3 is 9.64 Å². The largest absolute Gasteiger partial charge is 0.385 e. The molecule has 0 unspecified atom stereocenters. The van der Waals surface area contributed by atoms with E-state index in [-0.39, 0.29) is 23.2 Å². The number of thioether (sulfide) groups is 1. The van der Waals surface area contributed by atoms with E-state index in [1.165, 1.54) is 28.5 Å². The van der Waals surface area contributed by atoms with Crippen LogP contribution in [0.2, 0.25) is 0 Å². The molecule has 0 bridgehead atoms. The Morgan fingerprint density at radius 3 is 2.80 bits per heavy atom. The average molecular weight is 368 g/mol. The van der Waals surface area contributed by atoms with Crippen molar-refractivity contribution >= 4 is 17.7 Å². The summed E-state index contributed by atoms with van der Waals surface area (Å²) in [6, 6.07) is 6.02. The Morgan fingerprint density at radius 1 is 1.40 bits per heavy atom. The summed E-state index contributed by atoms with van der Waals surface area (Å²) in [6.45, 7) is 1.41. The van der Waals surface area contributed by atoms with E-state index >= 15 is 0 Å². The molecule has 1 N–H and O–H groups in total. The standard InChI is InChI=1S/C16H21FN4O3S/c1-20(10-12-4-6-13(17)7-5-12)14(22)11-25-16-19-18-15(23)21(16)8-3-9-24-2/h4-7H,3,8-11H2,1-2H3,(H,18,23). The number of amides is 1. The van der Waals surface area contributed by atoms with E-state index in [2.05, 4.69) is 10.2 Å². The predicted octanol–water partition coefficient (Wildman–Crippen LogP) is 1.50. The number of hydrogen-bond acceptors (Lipinski definition) is 5. The summed E-state index contributed by atoms with van der Waals surface area (Å²) in [6.07, 6.45) is 0.682. The first-order valence-corrected chi connectivity index (χ1v) is 8.75. The van der Waals surface area contributed by atoms with Crippen LogP contribution in [0.3, 0.4) is 0 Å². The summed E-state index contributed by atoms with van der Waals surface area (Å²) >= 11 is 1.20. The van der Waals surface area contributed by atoms with Crippen molar-refractivity contribution in [3.05, 3.63) is 46.1 Å². The van der Waals surface area contributed by atoms with Gasteiger partial charge in [-0.2, -0.15) is 0 Å². The first-order chi connectivity index (χ1) is 12.0. The highest BCUT2D eigenvalue weighted by Gasteiger charge is 2.14. The van der Waals surface area contributed by atoms with Gasteiger partial charge in [-0.1, -0.05) is 23.9 Å². The highest BCUT2D eigenvalue weighted by Crippen LogP contribution is 2.15. The van der Waals surface area contributed by atoms with Crippen LogP contribution in [-0.4, -0.2) is 52.1 Å². The second-order valence-electron chi connectivity index (χ2n) is 5.47. The first kappa shape index (κ1) is 19.2. The molecule has 1 aromatic heterocycles. The van der Waals surface area contributed by atoms with E-state index < -0.39 is 0 Å². The molecular formula is C16H21FN4O3S. The maximum atomic E-state index is 12.9. The summed E-state index contributed by atoms with van der Waals surface area (Å²) < 4.78 is 19.4. The van der Waals surface area contributed by atoms with E-state index in [0.717, 1.165) is 5.56 Å². The lowest BCUT2D eigenvalue weighted by molar-refractivity contribution is -0.127. The molecule has 0 spiro atoms. The molecule has 0 saturated heterocycles. The van der Waals surface area contributed by atoms with Crippen LogP contribution in [-0.2, 0) is 22.6 Å². The maximum Gasteiger partial charge on any atom is 0.343 e. The minimum Gasteiger partial charge on any atom is -0.385 e. The molecule has 0 radical (unpaired) electrons. The monoisotopic (exact) mass is 368 g/mol. The summed E-state index contributed by atoms with van der Waals surface area (Å²) in [4.78, 5) is 25.6. The number of rotatable bonds is 9. The molecule has 0 aliphatic carbocycles. The van der Waals surface area contributed by atoms with Gasteiger partial charge in [0.05, 0.1) is 5.75 Å². The van der Waals surface area contributed by atoms with Crippen LogP contribution in [0, 0.1) is 5.82 Å². The predicted molar refractivity (Wildman–Crippen MR) is 92.9 cm³/mol. The number of halogens is 1. The third kappa shape index (κ3) is 5.71. The lowest BCUT2D eigenvalue weighted by atomic mass is 10.2.